The second-order valence-electron chi connectivity index (χ2n) is 6.47. The monoisotopic (exact) mass is 370 g/mol. The van der Waals surface area contributed by atoms with Crippen molar-refractivity contribution in [2.24, 2.45) is 0 Å². The summed E-state index contributed by atoms with van der Waals surface area (Å²) in [5.41, 5.74) is 0. The third kappa shape index (κ3) is 3.60. The third-order valence-corrected chi connectivity index (χ3v) is 7.00. The molecule has 0 N–H and O–H groups in total. The number of amides is 1. The first-order chi connectivity index (χ1) is 11.5. The highest BCUT2D eigenvalue weighted by molar-refractivity contribution is 7.89. The predicted octanol–water partition coefficient (Wildman–Crippen LogP) is 2.90. The lowest BCUT2D eigenvalue weighted by Gasteiger charge is -2.29. The summed E-state index contributed by atoms with van der Waals surface area (Å²) in [5.74, 6) is -0.0352. The SMILES string of the molecule is O=C(C1CCCN1S(=O)(=O)c1ccc(Cl)cc1)N1CCCCCC1. The quantitative estimate of drug-likeness (QED) is 0.822. The molecule has 132 valence electrons. The lowest BCUT2D eigenvalue weighted by molar-refractivity contribution is -0.134. The van der Waals surface area contributed by atoms with Crippen LogP contribution in [-0.2, 0) is 14.8 Å². The Morgan fingerprint density at radius 1 is 0.958 bits per heavy atom. The van der Waals surface area contributed by atoms with Gasteiger partial charge in [-0.1, -0.05) is 24.4 Å². The molecule has 1 atom stereocenters. The maximum atomic E-state index is 12.9. The van der Waals surface area contributed by atoms with Gasteiger partial charge in [0.25, 0.3) is 0 Å². The van der Waals surface area contributed by atoms with Crippen LogP contribution in [0.15, 0.2) is 29.2 Å². The van der Waals surface area contributed by atoms with Crippen molar-refractivity contribution < 1.29 is 13.2 Å². The van der Waals surface area contributed by atoms with E-state index >= 15 is 0 Å². The molecule has 5 nitrogen and oxygen atoms in total. The van der Waals surface area contributed by atoms with E-state index in [0.717, 1.165) is 45.2 Å². The Morgan fingerprint density at radius 3 is 2.21 bits per heavy atom. The zero-order chi connectivity index (χ0) is 17.2. The molecule has 24 heavy (non-hydrogen) atoms. The molecule has 2 fully saturated rings. The summed E-state index contributed by atoms with van der Waals surface area (Å²) in [6.45, 7) is 1.88. The topological polar surface area (TPSA) is 57.7 Å². The lowest BCUT2D eigenvalue weighted by Crippen LogP contribution is -2.48. The van der Waals surface area contributed by atoms with Crippen LogP contribution in [0.3, 0.4) is 0 Å². The molecule has 0 spiro atoms. The van der Waals surface area contributed by atoms with Gasteiger partial charge in [-0.3, -0.25) is 4.79 Å². The molecule has 1 unspecified atom stereocenters. The number of rotatable bonds is 3. The van der Waals surface area contributed by atoms with Gasteiger partial charge in [-0.25, -0.2) is 8.42 Å². The molecule has 0 saturated carbocycles. The number of nitrogens with zero attached hydrogens (tertiary/aromatic N) is 2. The molecule has 1 aromatic carbocycles. The summed E-state index contributed by atoms with van der Waals surface area (Å²) in [7, 11) is -3.67. The van der Waals surface area contributed by atoms with E-state index in [1.807, 2.05) is 4.90 Å². The van der Waals surface area contributed by atoms with Gasteiger partial charge in [0.1, 0.15) is 6.04 Å². The van der Waals surface area contributed by atoms with Gasteiger partial charge in [0.15, 0.2) is 0 Å². The van der Waals surface area contributed by atoms with Crippen LogP contribution in [0.2, 0.25) is 5.02 Å². The zero-order valence-corrected chi connectivity index (χ0v) is 15.2. The molecule has 2 heterocycles. The molecule has 1 amide bonds. The molecule has 2 saturated heterocycles. The molecule has 2 aliphatic heterocycles. The minimum absolute atomic E-state index is 0.0352. The van der Waals surface area contributed by atoms with Gasteiger partial charge in [-0.2, -0.15) is 4.31 Å². The Hall–Kier alpha value is -1.11. The van der Waals surface area contributed by atoms with E-state index in [2.05, 4.69) is 0 Å². The molecule has 0 bridgehead atoms. The van der Waals surface area contributed by atoms with Crippen LogP contribution in [-0.4, -0.2) is 49.2 Å². The standard InChI is InChI=1S/C17H23ClN2O3S/c18-14-7-9-15(10-8-14)24(22,23)20-13-5-6-16(20)17(21)19-11-3-1-2-4-12-19/h7-10,16H,1-6,11-13H2. The van der Waals surface area contributed by atoms with Crippen molar-refractivity contribution in [2.75, 3.05) is 19.6 Å². The van der Waals surface area contributed by atoms with Crippen LogP contribution in [0.25, 0.3) is 0 Å². The van der Waals surface area contributed by atoms with Crippen molar-refractivity contribution in [3.63, 3.8) is 0 Å². The molecule has 1 aromatic rings. The highest BCUT2D eigenvalue weighted by Gasteiger charge is 2.41. The molecule has 0 aromatic heterocycles. The van der Waals surface area contributed by atoms with Crippen molar-refractivity contribution >= 4 is 27.5 Å². The van der Waals surface area contributed by atoms with Gasteiger partial charge in [0.05, 0.1) is 4.90 Å². The number of hydrogen-bond donors (Lipinski definition) is 0. The predicted molar refractivity (Wildman–Crippen MR) is 93.4 cm³/mol. The molecule has 0 aliphatic carbocycles. The highest BCUT2D eigenvalue weighted by atomic mass is 35.5. The molecule has 3 rings (SSSR count). The highest BCUT2D eigenvalue weighted by Crippen LogP contribution is 2.28. The number of carbonyl (C=O) groups is 1. The maximum absolute atomic E-state index is 12.9. The number of sulfonamides is 1. The Kier molecular flexibility index (Phi) is 5.47. The van der Waals surface area contributed by atoms with Gasteiger partial charge in [-0.15, -0.1) is 0 Å². The summed E-state index contributed by atoms with van der Waals surface area (Å²) < 4.78 is 27.2. The maximum Gasteiger partial charge on any atom is 0.243 e. The number of likely N-dealkylation sites (tertiary alicyclic amines) is 1. The van der Waals surface area contributed by atoms with Crippen LogP contribution in [0, 0.1) is 0 Å². The van der Waals surface area contributed by atoms with Crippen molar-refractivity contribution in [3.8, 4) is 0 Å². The molecule has 2 aliphatic rings. The average molecular weight is 371 g/mol. The van der Waals surface area contributed by atoms with Crippen molar-refractivity contribution in [1.29, 1.82) is 0 Å². The van der Waals surface area contributed by atoms with Gasteiger partial charge >= 0.3 is 0 Å². The molecule has 0 radical (unpaired) electrons. The summed E-state index contributed by atoms with van der Waals surface area (Å²) >= 11 is 5.85. The largest absolute Gasteiger partial charge is 0.341 e. The van der Waals surface area contributed by atoms with E-state index in [-0.39, 0.29) is 10.8 Å². The Bertz CT molecular complexity index is 682. The number of hydrogen-bond acceptors (Lipinski definition) is 3. The Balaban J connectivity index is 1.81. The van der Waals surface area contributed by atoms with Crippen molar-refractivity contribution in [1.82, 2.24) is 9.21 Å². The van der Waals surface area contributed by atoms with Crippen LogP contribution in [0.1, 0.15) is 38.5 Å². The van der Waals surface area contributed by atoms with E-state index in [0.29, 0.717) is 18.0 Å². The number of benzene rings is 1. The molecule has 7 heteroatoms. The second kappa shape index (κ2) is 7.42. The summed E-state index contributed by atoms with van der Waals surface area (Å²) in [4.78, 5) is 14.9. The summed E-state index contributed by atoms with van der Waals surface area (Å²) in [5, 5.41) is 0.493. The van der Waals surface area contributed by atoms with Crippen LogP contribution < -0.4 is 0 Å². The van der Waals surface area contributed by atoms with Crippen LogP contribution in [0.4, 0.5) is 0 Å². The van der Waals surface area contributed by atoms with E-state index in [4.69, 9.17) is 11.6 Å². The molecular weight excluding hydrogens is 348 g/mol. The average Bonchev–Trinajstić information content (AvgIpc) is 2.91. The van der Waals surface area contributed by atoms with E-state index in [1.165, 1.54) is 16.4 Å². The zero-order valence-electron chi connectivity index (χ0n) is 13.7. The van der Waals surface area contributed by atoms with Gasteiger partial charge in [0.2, 0.25) is 15.9 Å². The first-order valence-electron chi connectivity index (χ1n) is 8.56. The first-order valence-corrected chi connectivity index (χ1v) is 10.4. The molecular formula is C17H23ClN2O3S. The fourth-order valence-corrected chi connectivity index (χ4v) is 5.30. The fraction of sp³-hybridized carbons (Fsp3) is 0.588. The second-order valence-corrected chi connectivity index (χ2v) is 8.79. The minimum atomic E-state index is -3.67. The van der Waals surface area contributed by atoms with Crippen LogP contribution in [0.5, 0.6) is 0 Å². The van der Waals surface area contributed by atoms with E-state index in [9.17, 15) is 13.2 Å². The minimum Gasteiger partial charge on any atom is -0.341 e. The van der Waals surface area contributed by atoms with Gasteiger partial charge in [-0.05, 0) is 49.9 Å². The van der Waals surface area contributed by atoms with E-state index < -0.39 is 16.1 Å². The number of carbonyl (C=O) groups excluding carboxylic acids is 1. The Morgan fingerprint density at radius 2 is 1.58 bits per heavy atom. The lowest BCUT2D eigenvalue weighted by atomic mass is 10.2. The van der Waals surface area contributed by atoms with E-state index in [1.54, 1.807) is 12.1 Å². The summed E-state index contributed by atoms with van der Waals surface area (Å²) in [6.07, 6.45) is 5.60. The normalized spacial score (nSPS) is 23.2. The first kappa shape index (κ1) is 17.7. The van der Waals surface area contributed by atoms with Crippen LogP contribution >= 0.6 is 11.6 Å². The summed E-state index contributed by atoms with van der Waals surface area (Å²) in [6, 6.07) is 5.57. The van der Waals surface area contributed by atoms with Gasteiger partial charge in [0, 0.05) is 24.7 Å². The fourth-order valence-electron chi connectivity index (χ4n) is 3.52. The number of halogens is 1. The smallest absolute Gasteiger partial charge is 0.243 e. The van der Waals surface area contributed by atoms with Gasteiger partial charge < -0.3 is 4.90 Å². The third-order valence-electron chi connectivity index (χ3n) is 4.83. The van der Waals surface area contributed by atoms with Crippen molar-refractivity contribution in [2.45, 2.75) is 49.5 Å². The Labute approximate surface area is 148 Å². The van der Waals surface area contributed by atoms with Crippen molar-refractivity contribution in [3.05, 3.63) is 29.3 Å².